The van der Waals surface area contributed by atoms with Crippen molar-refractivity contribution in [2.75, 3.05) is 11.4 Å². The number of imide groups is 1. The van der Waals surface area contributed by atoms with Crippen molar-refractivity contribution in [3.63, 3.8) is 0 Å². The third-order valence-electron chi connectivity index (χ3n) is 5.00. The van der Waals surface area contributed by atoms with Crippen LogP contribution in [-0.2, 0) is 11.8 Å². The quantitative estimate of drug-likeness (QED) is 0.199. The number of amides is 2. The van der Waals surface area contributed by atoms with E-state index in [9.17, 15) is 9.59 Å². The Bertz CT molecular complexity index is 1100. The van der Waals surface area contributed by atoms with E-state index in [4.69, 9.17) is 16.9 Å². The zero-order chi connectivity index (χ0) is 22.4. The summed E-state index contributed by atoms with van der Waals surface area (Å²) in [6, 6.07) is 17.1. The van der Waals surface area contributed by atoms with Crippen LogP contribution in [0.15, 0.2) is 66.9 Å². The Balaban J connectivity index is 1.92. The highest BCUT2D eigenvalue weighted by atomic mass is 16.2. The zero-order valence-corrected chi connectivity index (χ0v) is 17.4. The first-order valence-electron chi connectivity index (χ1n) is 10.0. The van der Waals surface area contributed by atoms with E-state index in [1.54, 1.807) is 30.3 Å². The zero-order valence-electron chi connectivity index (χ0n) is 17.4. The second-order valence-electron chi connectivity index (χ2n) is 7.30. The molecule has 0 saturated heterocycles. The lowest BCUT2D eigenvalue weighted by Gasteiger charge is -2.24. The Labute approximate surface area is 181 Å². The molecule has 8 heteroatoms. The number of pyridine rings is 1. The molecule has 0 spiro atoms. The molecule has 0 aliphatic heterocycles. The Morgan fingerprint density at radius 1 is 1.13 bits per heavy atom. The summed E-state index contributed by atoms with van der Waals surface area (Å²) < 4.78 is 1.97. The molecule has 1 aromatic heterocycles. The van der Waals surface area contributed by atoms with Crippen LogP contribution in [0.1, 0.15) is 23.2 Å². The number of benzene rings is 2. The summed E-state index contributed by atoms with van der Waals surface area (Å²) in [7, 11) is 1.94. The number of fused-ring (bicyclic) bond motifs is 1. The monoisotopic (exact) mass is 419 g/mol. The molecule has 160 valence electrons. The second kappa shape index (κ2) is 9.82. The van der Waals surface area contributed by atoms with Gasteiger partial charge >= 0.3 is 0 Å². The van der Waals surface area contributed by atoms with E-state index < -0.39 is 17.9 Å². The van der Waals surface area contributed by atoms with Crippen LogP contribution in [-0.4, -0.2) is 30.4 Å². The summed E-state index contributed by atoms with van der Waals surface area (Å²) in [5, 5.41) is 10.8. The van der Waals surface area contributed by atoms with Gasteiger partial charge in [-0.2, -0.15) is 0 Å². The molecule has 1 unspecified atom stereocenters. The predicted molar refractivity (Wildman–Crippen MR) is 121 cm³/mol. The molecule has 0 saturated carbocycles. The minimum atomic E-state index is -0.871. The maximum atomic E-state index is 13.3. The van der Waals surface area contributed by atoms with E-state index in [1.165, 1.54) is 0 Å². The van der Waals surface area contributed by atoms with Crippen LogP contribution in [0, 0.1) is 5.41 Å². The number of carbonyl (C=O) groups excluding carboxylic acids is 2. The summed E-state index contributed by atoms with van der Waals surface area (Å²) in [4.78, 5) is 27.7. The van der Waals surface area contributed by atoms with E-state index in [0.29, 0.717) is 30.6 Å². The molecule has 2 amide bonds. The number of nitrogens with zero attached hydrogens (tertiary/aromatic N) is 2. The van der Waals surface area contributed by atoms with Crippen molar-refractivity contribution in [2.24, 2.45) is 18.5 Å². The topological polar surface area (TPSA) is 129 Å². The number of anilines is 1. The van der Waals surface area contributed by atoms with Gasteiger partial charge in [0.2, 0.25) is 5.52 Å². The number of nitrogens with two attached hydrogens (primary N) is 2. The first-order valence-corrected chi connectivity index (χ1v) is 10.0. The molecule has 6 N–H and O–H groups in total. The number of nitrogens with one attached hydrogen (secondary N) is 2. The number of rotatable bonds is 7. The highest BCUT2D eigenvalue weighted by Gasteiger charge is 2.29. The fourth-order valence-corrected chi connectivity index (χ4v) is 3.38. The molecule has 8 nitrogen and oxygen atoms in total. The van der Waals surface area contributed by atoms with Gasteiger partial charge in [-0.15, -0.1) is 0 Å². The van der Waals surface area contributed by atoms with Gasteiger partial charge < -0.3 is 16.8 Å². The Morgan fingerprint density at radius 3 is 2.58 bits per heavy atom. The van der Waals surface area contributed by atoms with Crippen LogP contribution < -0.4 is 26.3 Å². The molecular weight excluding hydrogens is 392 g/mol. The molecule has 3 aromatic rings. The standard InChI is InChI=1S/C23H27N6O2/c1-28-14-6-9-17-15-18(11-12-20(17)28)29(21(30)16-7-3-2-4-8-16)22(31)19(24)10-5-13-27-23(25)26/h2-4,6-9,11-12,14-15,19H,5,10,13,24H2,1H3,(H4,25,26,27)/q+1. The van der Waals surface area contributed by atoms with Crippen LogP contribution in [0.2, 0.25) is 0 Å². The summed E-state index contributed by atoms with van der Waals surface area (Å²) in [5.41, 5.74) is 13.3. The summed E-state index contributed by atoms with van der Waals surface area (Å²) in [6.45, 7) is 0.426. The van der Waals surface area contributed by atoms with Gasteiger partial charge in [0.25, 0.3) is 11.8 Å². The van der Waals surface area contributed by atoms with Gasteiger partial charge in [-0.1, -0.05) is 18.2 Å². The van der Waals surface area contributed by atoms with Crippen molar-refractivity contribution in [1.82, 2.24) is 5.32 Å². The van der Waals surface area contributed by atoms with Gasteiger partial charge in [0.15, 0.2) is 12.2 Å². The Morgan fingerprint density at radius 2 is 1.87 bits per heavy atom. The highest BCUT2D eigenvalue weighted by Crippen LogP contribution is 2.23. The predicted octanol–water partition coefficient (Wildman–Crippen LogP) is 1.43. The van der Waals surface area contributed by atoms with E-state index in [-0.39, 0.29) is 5.96 Å². The SMILES string of the molecule is C[n+]1cccc2cc(N(C(=O)c3ccccc3)C(=O)C(N)CCCNC(=N)N)ccc21. The fraction of sp³-hybridized carbons (Fsp3) is 0.217. The maximum absolute atomic E-state index is 13.3. The number of guanidine groups is 1. The van der Waals surface area contributed by atoms with E-state index in [2.05, 4.69) is 5.32 Å². The third-order valence-corrected chi connectivity index (χ3v) is 5.00. The lowest BCUT2D eigenvalue weighted by molar-refractivity contribution is -0.644. The first-order chi connectivity index (χ1) is 14.9. The largest absolute Gasteiger partial charge is 0.370 e. The highest BCUT2D eigenvalue weighted by molar-refractivity contribution is 6.22. The van der Waals surface area contributed by atoms with Crippen molar-refractivity contribution in [3.8, 4) is 0 Å². The van der Waals surface area contributed by atoms with E-state index in [0.717, 1.165) is 15.8 Å². The van der Waals surface area contributed by atoms with Gasteiger partial charge in [-0.25, -0.2) is 9.47 Å². The van der Waals surface area contributed by atoms with E-state index in [1.807, 2.05) is 48.1 Å². The number of hydrogen-bond donors (Lipinski definition) is 4. The van der Waals surface area contributed by atoms with Gasteiger partial charge in [0.05, 0.1) is 11.7 Å². The number of carbonyl (C=O) groups is 2. The van der Waals surface area contributed by atoms with Gasteiger partial charge in [-0.05, 0) is 43.2 Å². The lowest BCUT2D eigenvalue weighted by atomic mass is 10.1. The summed E-state index contributed by atoms with van der Waals surface area (Å²) in [5.74, 6) is -1.04. The van der Waals surface area contributed by atoms with Crippen LogP contribution in [0.25, 0.3) is 10.9 Å². The molecule has 0 fully saturated rings. The van der Waals surface area contributed by atoms with Gasteiger partial charge in [0.1, 0.15) is 7.05 Å². The second-order valence-corrected chi connectivity index (χ2v) is 7.30. The molecule has 31 heavy (non-hydrogen) atoms. The normalized spacial score (nSPS) is 11.7. The first kappa shape index (κ1) is 21.9. The molecule has 0 aliphatic carbocycles. The van der Waals surface area contributed by atoms with Crippen LogP contribution in [0.5, 0.6) is 0 Å². The van der Waals surface area contributed by atoms with Crippen molar-refractivity contribution >= 4 is 34.4 Å². The van der Waals surface area contributed by atoms with Gasteiger partial charge in [-0.3, -0.25) is 15.0 Å². The van der Waals surface area contributed by atoms with E-state index >= 15 is 0 Å². The smallest absolute Gasteiger partial charge is 0.265 e. The molecule has 1 atom stereocenters. The molecule has 2 aromatic carbocycles. The van der Waals surface area contributed by atoms with Crippen molar-refractivity contribution < 1.29 is 14.2 Å². The molecule has 0 aliphatic rings. The third kappa shape index (κ3) is 5.23. The van der Waals surface area contributed by atoms with Crippen LogP contribution in [0.3, 0.4) is 0 Å². The minimum Gasteiger partial charge on any atom is -0.370 e. The summed E-state index contributed by atoms with van der Waals surface area (Å²) in [6.07, 6.45) is 2.82. The number of aryl methyl sites for hydroxylation is 1. The van der Waals surface area contributed by atoms with Crippen molar-refractivity contribution in [3.05, 3.63) is 72.4 Å². The lowest BCUT2D eigenvalue weighted by Crippen LogP contribution is -2.47. The van der Waals surface area contributed by atoms with Gasteiger partial charge in [0, 0.05) is 29.6 Å². The average molecular weight is 420 g/mol. The average Bonchev–Trinajstić information content (AvgIpc) is 2.77. The molecule has 0 bridgehead atoms. The molecule has 0 radical (unpaired) electrons. The number of aromatic nitrogens is 1. The minimum absolute atomic E-state index is 0.134. The Kier molecular flexibility index (Phi) is 6.94. The van der Waals surface area contributed by atoms with Crippen LogP contribution in [0.4, 0.5) is 5.69 Å². The van der Waals surface area contributed by atoms with Crippen molar-refractivity contribution in [2.45, 2.75) is 18.9 Å². The molecular formula is C23H27N6O2+. The van der Waals surface area contributed by atoms with Crippen LogP contribution >= 0.6 is 0 Å². The molecule has 3 rings (SSSR count). The van der Waals surface area contributed by atoms with Crippen molar-refractivity contribution in [1.29, 1.82) is 5.41 Å². The number of hydrogen-bond acceptors (Lipinski definition) is 4. The fourth-order valence-electron chi connectivity index (χ4n) is 3.38. The summed E-state index contributed by atoms with van der Waals surface area (Å²) >= 11 is 0. The Hall–Kier alpha value is -3.78. The molecule has 1 heterocycles. The maximum Gasteiger partial charge on any atom is 0.265 e.